The van der Waals surface area contributed by atoms with E-state index in [0.29, 0.717) is 40.9 Å². The maximum Gasteiger partial charge on any atom is 0.345 e. The molecule has 0 saturated heterocycles. The van der Waals surface area contributed by atoms with Crippen molar-refractivity contribution in [2.24, 2.45) is 5.92 Å². The van der Waals surface area contributed by atoms with Gasteiger partial charge in [0, 0.05) is 31.0 Å². The number of halogens is 1. The Balaban J connectivity index is 1.40. The van der Waals surface area contributed by atoms with Gasteiger partial charge in [0.25, 0.3) is 0 Å². The second-order valence-electron chi connectivity index (χ2n) is 10.4. The van der Waals surface area contributed by atoms with Crippen LogP contribution in [0.1, 0.15) is 68.3 Å². The summed E-state index contributed by atoms with van der Waals surface area (Å²) < 4.78 is 11.2. The second-order valence-corrected chi connectivity index (χ2v) is 10.9. The Kier molecular flexibility index (Phi) is 7.25. The van der Waals surface area contributed by atoms with E-state index in [1.165, 1.54) is 25.7 Å². The number of carbonyl (C=O) groups is 2. The lowest BCUT2D eigenvalue weighted by Gasteiger charge is -2.32. The summed E-state index contributed by atoms with van der Waals surface area (Å²) in [5.41, 5.74) is 4.16. The first-order valence-corrected chi connectivity index (χ1v) is 13.4. The third-order valence-electron chi connectivity index (χ3n) is 7.20. The Morgan fingerprint density at radius 1 is 0.946 bits per heavy atom. The predicted octanol–water partition coefficient (Wildman–Crippen LogP) is 7.80. The quantitative estimate of drug-likeness (QED) is 0.300. The SMILES string of the molecule is CC1(C)OC(=O)c2cc(N(Cc3ccc(-c4ccc(Cl)cc4)cc3)C(=O)CCC3CCCC3)ccc2O1. The van der Waals surface area contributed by atoms with Crippen molar-refractivity contribution in [3.8, 4) is 16.9 Å². The van der Waals surface area contributed by atoms with Crippen LogP contribution in [0.5, 0.6) is 5.75 Å². The van der Waals surface area contributed by atoms with E-state index in [0.717, 1.165) is 23.1 Å². The molecule has 0 N–H and O–H groups in total. The number of fused-ring (bicyclic) bond motifs is 1. The summed E-state index contributed by atoms with van der Waals surface area (Å²) >= 11 is 6.03. The van der Waals surface area contributed by atoms with Crippen molar-refractivity contribution in [1.29, 1.82) is 0 Å². The van der Waals surface area contributed by atoms with Crippen LogP contribution in [-0.2, 0) is 16.1 Å². The Morgan fingerprint density at radius 3 is 2.27 bits per heavy atom. The normalized spacial score (nSPS) is 16.6. The third-order valence-corrected chi connectivity index (χ3v) is 7.46. The molecule has 0 unspecified atom stereocenters. The molecule has 3 aromatic carbocycles. The minimum absolute atomic E-state index is 0.0547. The molecule has 0 atom stereocenters. The number of rotatable bonds is 7. The number of amides is 1. The van der Waals surface area contributed by atoms with Crippen molar-refractivity contribution in [2.75, 3.05) is 4.90 Å². The number of anilines is 1. The summed E-state index contributed by atoms with van der Waals surface area (Å²) in [6.07, 6.45) is 6.31. The van der Waals surface area contributed by atoms with E-state index >= 15 is 0 Å². The minimum atomic E-state index is -1.02. The summed E-state index contributed by atoms with van der Waals surface area (Å²) in [6.45, 7) is 3.81. The van der Waals surface area contributed by atoms with E-state index < -0.39 is 11.8 Å². The maximum atomic E-state index is 13.5. The zero-order valence-electron chi connectivity index (χ0n) is 21.3. The number of ether oxygens (including phenoxy) is 2. The van der Waals surface area contributed by atoms with Crippen LogP contribution in [0.3, 0.4) is 0 Å². The summed E-state index contributed by atoms with van der Waals surface area (Å²) in [5.74, 6) is -0.319. The Bertz CT molecular complexity index is 1280. The second kappa shape index (κ2) is 10.6. The fourth-order valence-electron chi connectivity index (χ4n) is 5.21. The molecule has 192 valence electrons. The lowest BCUT2D eigenvalue weighted by molar-refractivity contribution is -0.127. The van der Waals surface area contributed by atoms with Crippen molar-refractivity contribution in [3.05, 3.63) is 82.9 Å². The Labute approximate surface area is 223 Å². The van der Waals surface area contributed by atoms with Crippen LogP contribution in [0, 0.1) is 5.92 Å². The van der Waals surface area contributed by atoms with Crippen molar-refractivity contribution >= 4 is 29.2 Å². The van der Waals surface area contributed by atoms with Gasteiger partial charge in [-0.2, -0.15) is 0 Å². The van der Waals surface area contributed by atoms with Crippen LogP contribution in [-0.4, -0.2) is 17.7 Å². The van der Waals surface area contributed by atoms with Crippen LogP contribution < -0.4 is 9.64 Å². The zero-order chi connectivity index (χ0) is 26.0. The molecule has 1 heterocycles. The molecule has 2 aliphatic rings. The number of hydrogen-bond donors (Lipinski definition) is 0. The highest BCUT2D eigenvalue weighted by molar-refractivity contribution is 6.30. The molecule has 1 aliphatic heterocycles. The number of carbonyl (C=O) groups excluding carboxylic acids is 2. The van der Waals surface area contributed by atoms with Crippen LogP contribution in [0.4, 0.5) is 5.69 Å². The highest BCUT2D eigenvalue weighted by atomic mass is 35.5. The van der Waals surface area contributed by atoms with Gasteiger partial charge in [-0.25, -0.2) is 4.79 Å². The first kappa shape index (κ1) is 25.3. The van der Waals surface area contributed by atoms with Gasteiger partial charge in [-0.05, 0) is 59.4 Å². The van der Waals surface area contributed by atoms with Crippen molar-refractivity contribution in [1.82, 2.24) is 0 Å². The molecule has 0 aromatic heterocycles. The van der Waals surface area contributed by atoms with Gasteiger partial charge in [-0.3, -0.25) is 4.79 Å². The van der Waals surface area contributed by atoms with Gasteiger partial charge in [-0.15, -0.1) is 0 Å². The van der Waals surface area contributed by atoms with Gasteiger partial charge in [0.15, 0.2) is 0 Å². The van der Waals surface area contributed by atoms with Crippen molar-refractivity contribution < 1.29 is 19.1 Å². The molecule has 1 aliphatic carbocycles. The van der Waals surface area contributed by atoms with Crippen LogP contribution in [0.2, 0.25) is 5.02 Å². The molecule has 0 bridgehead atoms. The summed E-state index contributed by atoms with van der Waals surface area (Å²) in [5, 5.41) is 0.704. The van der Waals surface area contributed by atoms with Crippen LogP contribution in [0.15, 0.2) is 66.7 Å². The van der Waals surface area contributed by atoms with Gasteiger partial charge < -0.3 is 14.4 Å². The Morgan fingerprint density at radius 2 is 1.59 bits per heavy atom. The molecule has 0 radical (unpaired) electrons. The van der Waals surface area contributed by atoms with E-state index in [9.17, 15) is 9.59 Å². The molecule has 1 fully saturated rings. The fraction of sp³-hybridized carbons (Fsp3) is 0.355. The molecule has 0 spiro atoms. The minimum Gasteiger partial charge on any atom is -0.452 e. The molecular weight excluding hydrogens is 486 g/mol. The highest BCUT2D eigenvalue weighted by Crippen LogP contribution is 2.35. The van der Waals surface area contributed by atoms with Gasteiger partial charge in [-0.1, -0.05) is 73.7 Å². The summed E-state index contributed by atoms with van der Waals surface area (Å²) in [4.78, 5) is 28.0. The fourth-order valence-corrected chi connectivity index (χ4v) is 5.34. The first-order chi connectivity index (χ1) is 17.8. The standard InChI is InChI=1S/C31H32ClNO4/c1-31(2)36-28-17-16-26(19-27(28)30(35)37-31)33(29(34)18-9-21-5-3-4-6-21)20-22-7-10-23(11-8-22)24-12-14-25(32)15-13-24/h7-8,10-17,19,21H,3-6,9,18,20H2,1-2H3. The number of benzene rings is 3. The van der Waals surface area contributed by atoms with Gasteiger partial charge >= 0.3 is 5.97 Å². The third kappa shape index (κ3) is 5.99. The average Bonchev–Trinajstić information content (AvgIpc) is 3.40. The van der Waals surface area contributed by atoms with Crippen LogP contribution >= 0.6 is 11.6 Å². The van der Waals surface area contributed by atoms with Gasteiger partial charge in [0.2, 0.25) is 11.7 Å². The summed E-state index contributed by atoms with van der Waals surface area (Å²) in [6, 6.07) is 21.2. The monoisotopic (exact) mass is 517 g/mol. The molecule has 3 aromatic rings. The van der Waals surface area contributed by atoms with E-state index in [-0.39, 0.29) is 5.91 Å². The summed E-state index contributed by atoms with van der Waals surface area (Å²) in [7, 11) is 0. The molecule has 1 amide bonds. The number of nitrogens with zero attached hydrogens (tertiary/aromatic N) is 1. The molecule has 37 heavy (non-hydrogen) atoms. The van der Waals surface area contributed by atoms with Gasteiger partial charge in [0.1, 0.15) is 11.3 Å². The maximum absolute atomic E-state index is 13.5. The highest BCUT2D eigenvalue weighted by Gasteiger charge is 2.34. The topological polar surface area (TPSA) is 55.8 Å². The van der Waals surface area contributed by atoms with E-state index in [1.54, 1.807) is 30.9 Å². The number of esters is 1. The largest absolute Gasteiger partial charge is 0.452 e. The smallest absolute Gasteiger partial charge is 0.345 e. The van der Waals surface area contributed by atoms with Crippen LogP contribution in [0.25, 0.3) is 11.1 Å². The lowest BCUT2D eigenvalue weighted by atomic mass is 10.0. The first-order valence-electron chi connectivity index (χ1n) is 13.0. The van der Waals surface area contributed by atoms with E-state index in [1.807, 2.05) is 42.5 Å². The van der Waals surface area contributed by atoms with Gasteiger partial charge in [0.05, 0.1) is 6.54 Å². The zero-order valence-corrected chi connectivity index (χ0v) is 22.1. The molecule has 6 heteroatoms. The number of cyclic esters (lactones) is 1. The predicted molar refractivity (Wildman–Crippen MR) is 146 cm³/mol. The lowest BCUT2D eigenvalue weighted by Crippen LogP contribution is -2.39. The average molecular weight is 518 g/mol. The van der Waals surface area contributed by atoms with E-state index in [2.05, 4.69) is 12.1 Å². The van der Waals surface area contributed by atoms with Crippen molar-refractivity contribution in [2.45, 2.75) is 64.7 Å². The Hall–Kier alpha value is -3.31. The molecule has 5 nitrogen and oxygen atoms in total. The molecular formula is C31H32ClNO4. The number of hydrogen-bond acceptors (Lipinski definition) is 4. The molecule has 5 rings (SSSR count). The molecule has 1 saturated carbocycles. The van der Waals surface area contributed by atoms with Crippen molar-refractivity contribution in [3.63, 3.8) is 0 Å². The van der Waals surface area contributed by atoms with E-state index in [4.69, 9.17) is 21.1 Å².